The van der Waals surface area contributed by atoms with Crippen molar-refractivity contribution in [3.8, 4) is 0 Å². The third-order valence-corrected chi connectivity index (χ3v) is 4.88. The molecule has 0 N–H and O–H groups in total. The summed E-state index contributed by atoms with van der Waals surface area (Å²) >= 11 is 5.16. The van der Waals surface area contributed by atoms with Crippen molar-refractivity contribution < 1.29 is 0 Å². The van der Waals surface area contributed by atoms with E-state index in [1.54, 1.807) is 0 Å². The van der Waals surface area contributed by atoms with E-state index in [0.29, 0.717) is 0 Å². The summed E-state index contributed by atoms with van der Waals surface area (Å²) in [6.45, 7) is 2.24. The smallest absolute Gasteiger partial charge is 0.109 e. The number of unbranched alkanes of at least 4 members (excludes halogenated alkanes) is 2. The topological polar surface area (TPSA) is 0 Å². The minimum absolute atomic E-state index is 0.369. The number of hydrogen-bond acceptors (Lipinski definition) is 0. The molecule has 0 heterocycles. The van der Waals surface area contributed by atoms with Crippen LogP contribution in [-0.2, 0) is 0 Å². The molecule has 0 aliphatic heterocycles. The van der Waals surface area contributed by atoms with Crippen molar-refractivity contribution >= 4 is 47.4 Å². The third-order valence-electron chi connectivity index (χ3n) is 1.21. The minimum atomic E-state index is -0.369. The van der Waals surface area contributed by atoms with Crippen molar-refractivity contribution in [2.75, 3.05) is 0 Å². The first-order chi connectivity index (χ1) is 4.77. The van der Waals surface area contributed by atoms with Gasteiger partial charge in [-0.3, -0.25) is 0 Å². The highest BCUT2D eigenvalue weighted by Crippen LogP contribution is 2.10. The molecule has 0 aliphatic carbocycles. The zero-order valence-corrected chi connectivity index (χ0v) is 11.8. The Morgan fingerprint density at radius 2 is 2.00 bits per heavy atom. The molecule has 0 bridgehead atoms. The lowest BCUT2D eigenvalue weighted by Gasteiger charge is -1.91. The Morgan fingerprint density at radius 3 is 2.50 bits per heavy atom. The lowest BCUT2D eigenvalue weighted by molar-refractivity contribution is 0.814. The van der Waals surface area contributed by atoms with Gasteiger partial charge in [0.1, 0.15) is 0 Å². The van der Waals surface area contributed by atoms with E-state index in [1.165, 1.54) is 25.3 Å². The largest absolute Gasteiger partial charge is 0.181 e. The number of rotatable bonds is 5. The molecule has 0 radical (unpaired) electrons. The van der Waals surface area contributed by atoms with Gasteiger partial charge < -0.3 is 0 Å². The predicted octanol–water partition coefficient (Wildman–Crippen LogP) is 3.82. The van der Waals surface area contributed by atoms with Gasteiger partial charge in [0, 0.05) is 0 Å². The molecule has 0 rings (SSSR count). The fourth-order valence-electron chi connectivity index (χ4n) is 0.639. The highest BCUT2D eigenvalue weighted by Gasteiger charge is 1.93. The van der Waals surface area contributed by atoms with E-state index in [-0.39, 0.29) is 3.79 Å². The first kappa shape index (κ1) is 11.4. The summed E-state index contributed by atoms with van der Waals surface area (Å²) in [5.41, 5.74) is 0. The van der Waals surface area contributed by atoms with Gasteiger partial charge in [-0.2, -0.15) is 0 Å². The van der Waals surface area contributed by atoms with Gasteiger partial charge in [0.2, 0.25) is 0 Å². The second-order valence-corrected chi connectivity index (χ2v) is 19.7. The SMILES string of the molecule is CCCCC=CC[SiH](I)I. The molecule has 0 nitrogen and oxygen atoms in total. The van der Waals surface area contributed by atoms with Gasteiger partial charge in [-0.1, -0.05) is 31.9 Å². The first-order valence-electron chi connectivity index (χ1n) is 3.70. The number of hydrogen-bond donors (Lipinski definition) is 0. The molecular formula is C7H14I2Si. The summed E-state index contributed by atoms with van der Waals surface area (Å²) in [7, 11) is 0. The van der Waals surface area contributed by atoms with Crippen LogP contribution >= 0.6 is 43.6 Å². The summed E-state index contributed by atoms with van der Waals surface area (Å²) < 4.78 is -0.369. The van der Waals surface area contributed by atoms with Crippen molar-refractivity contribution in [2.45, 2.75) is 32.2 Å². The van der Waals surface area contributed by atoms with Gasteiger partial charge >= 0.3 is 0 Å². The standard InChI is InChI=1S/C7H14I2Si/c1-2-3-4-5-6-7-10(8)9/h5-6,10H,2-4,7H2,1H3. The summed E-state index contributed by atoms with van der Waals surface area (Å²) in [4.78, 5) is 0. The van der Waals surface area contributed by atoms with Crippen LogP contribution in [0.1, 0.15) is 26.2 Å². The van der Waals surface area contributed by atoms with Crippen LogP contribution in [0, 0.1) is 0 Å². The van der Waals surface area contributed by atoms with Crippen molar-refractivity contribution in [2.24, 2.45) is 0 Å². The molecule has 10 heavy (non-hydrogen) atoms. The molecule has 0 saturated carbocycles. The molecule has 0 amide bonds. The fourth-order valence-corrected chi connectivity index (χ4v) is 2.80. The van der Waals surface area contributed by atoms with E-state index in [9.17, 15) is 0 Å². The van der Waals surface area contributed by atoms with Gasteiger partial charge in [-0.15, -0.1) is 43.6 Å². The first-order valence-corrected chi connectivity index (χ1v) is 12.9. The van der Waals surface area contributed by atoms with Crippen LogP contribution in [0.15, 0.2) is 12.2 Å². The van der Waals surface area contributed by atoms with E-state index in [1.807, 2.05) is 0 Å². The molecule has 3 heteroatoms. The quantitative estimate of drug-likeness (QED) is 0.224. The summed E-state index contributed by atoms with van der Waals surface area (Å²) in [6.07, 6.45) is 8.64. The Bertz CT molecular complexity index is 91.6. The Kier molecular flexibility index (Phi) is 9.72. The number of allylic oxidation sites excluding steroid dienone is 2. The maximum atomic E-state index is 2.58. The minimum Gasteiger partial charge on any atom is -0.109 e. The van der Waals surface area contributed by atoms with Crippen molar-refractivity contribution in [1.82, 2.24) is 0 Å². The van der Waals surface area contributed by atoms with Gasteiger partial charge in [-0.25, -0.2) is 0 Å². The Balaban J connectivity index is 3.04. The second kappa shape index (κ2) is 8.51. The summed E-state index contributed by atoms with van der Waals surface area (Å²) in [6, 6.07) is 1.35. The van der Waals surface area contributed by atoms with Gasteiger partial charge in [0.05, 0.1) is 0 Å². The highest BCUT2D eigenvalue weighted by molar-refractivity contribution is 14.3. The Labute approximate surface area is 90.9 Å². The molecule has 0 atom stereocenters. The second-order valence-electron chi connectivity index (χ2n) is 2.24. The molecule has 0 aliphatic rings. The van der Waals surface area contributed by atoms with Gasteiger partial charge in [0.25, 0.3) is 0 Å². The van der Waals surface area contributed by atoms with Crippen LogP contribution in [0.2, 0.25) is 6.04 Å². The van der Waals surface area contributed by atoms with E-state index >= 15 is 0 Å². The van der Waals surface area contributed by atoms with E-state index in [0.717, 1.165) is 0 Å². The van der Waals surface area contributed by atoms with Crippen LogP contribution in [0.3, 0.4) is 0 Å². The highest BCUT2D eigenvalue weighted by atomic mass is 127. The molecule has 0 aromatic heterocycles. The lowest BCUT2D eigenvalue weighted by atomic mass is 10.2. The third kappa shape index (κ3) is 9.42. The molecule has 0 aromatic rings. The predicted molar refractivity (Wildman–Crippen MR) is 68.7 cm³/mol. The van der Waals surface area contributed by atoms with Crippen molar-refractivity contribution in [1.29, 1.82) is 0 Å². The molecular weight excluding hydrogens is 366 g/mol. The molecule has 60 valence electrons. The monoisotopic (exact) mass is 380 g/mol. The average molecular weight is 380 g/mol. The van der Waals surface area contributed by atoms with E-state index in [4.69, 9.17) is 0 Å². The summed E-state index contributed by atoms with van der Waals surface area (Å²) in [5.74, 6) is 0. The average Bonchev–Trinajstić information content (AvgIpc) is 1.87. The molecule has 0 saturated heterocycles. The van der Waals surface area contributed by atoms with Crippen LogP contribution in [0.4, 0.5) is 0 Å². The molecule has 0 spiro atoms. The van der Waals surface area contributed by atoms with Crippen LogP contribution in [0.5, 0.6) is 0 Å². The molecule has 0 aromatic carbocycles. The normalized spacial score (nSPS) is 11.6. The van der Waals surface area contributed by atoms with Crippen molar-refractivity contribution in [3.05, 3.63) is 12.2 Å². The Hall–Kier alpha value is 1.42. The van der Waals surface area contributed by atoms with Gasteiger partial charge in [-0.05, 0) is 12.5 Å². The molecule has 0 unspecified atom stereocenters. The van der Waals surface area contributed by atoms with Crippen LogP contribution < -0.4 is 0 Å². The lowest BCUT2D eigenvalue weighted by Crippen LogP contribution is -1.83. The van der Waals surface area contributed by atoms with Crippen molar-refractivity contribution in [3.63, 3.8) is 0 Å². The van der Waals surface area contributed by atoms with E-state index in [2.05, 4.69) is 62.7 Å². The van der Waals surface area contributed by atoms with Crippen LogP contribution in [0.25, 0.3) is 0 Å². The van der Waals surface area contributed by atoms with E-state index < -0.39 is 0 Å². The fraction of sp³-hybridized carbons (Fsp3) is 0.714. The summed E-state index contributed by atoms with van der Waals surface area (Å²) in [5, 5.41) is 0. The maximum Gasteiger partial charge on any atom is 0.181 e. The number of halogens is 2. The van der Waals surface area contributed by atoms with Crippen LogP contribution in [-0.4, -0.2) is 3.79 Å². The zero-order chi connectivity index (χ0) is 7.82. The maximum absolute atomic E-state index is 2.58. The zero-order valence-electron chi connectivity index (χ0n) is 6.32. The Morgan fingerprint density at radius 1 is 1.30 bits per heavy atom. The molecule has 0 fully saturated rings. The van der Waals surface area contributed by atoms with Gasteiger partial charge in [0.15, 0.2) is 3.79 Å².